The molecule has 142 valence electrons. The first kappa shape index (κ1) is 18.9. The van der Waals surface area contributed by atoms with Crippen molar-refractivity contribution in [3.8, 4) is 0 Å². The summed E-state index contributed by atoms with van der Waals surface area (Å²) >= 11 is 0. The Labute approximate surface area is 158 Å². The van der Waals surface area contributed by atoms with Gasteiger partial charge in [-0.1, -0.05) is 24.3 Å². The monoisotopic (exact) mass is 367 g/mol. The van der Waals surface area contributed by atoms with Crippen molar-refractivity contribution in [3.63, 3.8) is 0 Å². The molecule has 0 bridgehead atoms. The third-order valence-corrected chi connectivity index (χ3v) is 4.71. The predicted octanol–water partition coefficient (Wildman–Crippen LogP) is 1.72. The number of rotatable bonds is 7. The summed E-state index contributed by atoms with van der Waals surface area (Å²) in [5.74, 6) is 0.628. The molecule has 0 atom stereocenters. The van der Waals surface area contributed by atoms with Gasteiger partial charge in [0, 0.05) is 31.2 Å². The van der Waals surface area contributed by atoms with Crippen molar-refractivity contribution in [2.45, 2.75) is 39.5 Å². The molecule has 0 aliphatic rings. The van der Waals surface area contributed by atoms with Crippen molar-refractivity contribution >= 4 is 16.8 Å². The van der Waals surface area contributed by atoms with Crippen LogP contribution in [-0.2, 0) is 24.4 Å². The number of carbonyl (C=O) groups is 1. The van der Waals surface area contributed by atoms with Crippen LogP contribution in [0.15, 0.2) is 36.5 Å². The van der Waals surface area contributed by atoms with E-state index in [-0.39, 0.29) is 12.5 Å². The molecule has 8 nitrogen and oxygen atoms in total. The van der Waals surface area contributed by atoms with Crippen molar-refractivity contribution in [1.82, 2.24) is 35.0 Å². The number of likely N-dealkylation sites (N-methyl/N-ethyl adjacent to an activating group) is 1. The van der Waals surface area contributed by atoms with Crippen LogP contribution in [0, 0.1) is 0 Å². The smallest absolute Gasteiger partial charge is 0.244 e. The van der Waals surface area contributed by atoms with Crippen LogP contribution in [0.1, 0.15) is 25.2 Å². The minimum absolute atomic E-state index is 0.0521. The highest BCUT2D eigenvalue weighted by Crippen LogP contribution is 2.17. The highest BCUT2D eigenvalue weighted by molar-refractivity contribution is 5.82. The quantitative estimate of drug-likeness (QED) is 0.633. The lowest BCUT2D eigenvalue weighted by atomic mass is 10.1. The maximum atomic E-state index is 12.7. The summed E-state index contributed by atoms with van der Waals surface area (Å²) in [5, 5.41) is 12.8. The summed E-state index contributed by atoms with van der Waals surface area (Å²) in [6.07, 6.45) is 1.77. The van der Waals surface area contributed by atoms with Crippen LogP contribution in [0.5, 0.6) is 0 Å². The number of hydrogen-bond acceptors (Lipinski definition) is 6. The van der Waals surface area contributed by atoms with Crippen LogP contribution in [0.2, 0.25) is 0 Å². The van der Waals surface area contributed by atoms with Crippen molar-refractivity contribution in [2.24, 2.45) is 0 Å². The molecule has 0 spiro atoms. The Bertz CT molecular complexity index is 916. The van der Waals surface area contributed by atoms with Gasteiger partial charge in [0.05, 0.1) is 12.1 Å². The van der Waals surface area contributed by atoms with Crippen LogP contribution >= 0.6 is 0 Å². The molecule has 0 unspecified atom stereocenters. The average molecular weight is 367 g/mol. The van der Waals surface area contributed by atoms with Gasteiger partial charge in [0.1, 0.15) is 6.54 Å². The number of hydrogen-bond donors (Lipinski definition) is 0. The topological polar surface area (TPSA) is 80.0 Å². The van der Waals surface area contributed by atoms with Crippen LogP contribution in [0.4, 0.5) is 0 Å². The second kappa shape index (κ2) is 8.22. The number of carbonyl (C=O) groups excluding carboxylic acids is 1. The fraction of sp³-hybridized carbons (Fsp3) is 0.421. The Morgan fingerprint density at radius 3 is 2.70 bits per heavy atom. The summed E-state index contributed by atoms with van der Waals surface area (Å²) in [7, 11) is 3.79. The molecule has 0 N–H and O–H groups in total. The number of nitrogens with zero attached hydrogens (tertiary/aromatic N) is 7. The highest BCUT2D eigenvalue weighted by Gasteiger charge is 2.17. The maximum absolute atomic E-state index is 12.7. The third-order valence-electron chi connectivity index (χ3n) is 4.71. The van der Waals surface area contributed by atoms with Crippen LogP contribution in [0.3, 0.4) is 0 Å². The normalized spacial score (nSPS) is 11.5. The largest absolute Gasteiger partial charge is 0.340 e. The molecular formula is C19H25N7O. The van der Waals surface area contributed by atoms with Gasteiger partial charge < -0.3 is 4.90 Å². The molecule has 8 heteroatoms. The zero-order valence-electron chi connectivity index (χ0n) is 16.2. The summed E-state index contributed by atoms with van der Waals surface area (Å²) in [6.45, 7) is 5.39. The van der Waals surface area contributed by atoms with Gasteiger partial charge in [0.25, 0.3) is 0 Å². The number of pyridine rings is 1. The molecule has 1 amide bonds. The van der Waals surface area contributed by atoms with E-state index in [1.54, 1.807) is 22.8 Å². The van der Waals surface area contributed by atoms with Gasteiger partial charge in [0.2, 0.25) is 5.91 Å². The second-order valence-electron chi connectivity index (χ2n) is 7.00. The number of tetrazole rings is 1. The molecule has 1 aromatic carbocycles. The number of benzene rings is 1. The van der Waals surface area contributed by atoms with Gasteiger partial charge in [-0.05, 0) is 43.0 Å². The lowest BCUT2D eigenvalue weighted by molar-refractivity contribution is -0.131. The van der Waals surface area contributed by atoms with Crippen LogP contribution < -0.4 is 0 Å². The lowest BCUT2D eigenvalue weighted by Crippen LogP contribution is -2.32. The average Bonchev–Trinajstić information content (AvgIpc) is 3.08. The lowest BCUT2D eigenvalue weighted by Gasteiger charge is -2.21. The van der Waals surface area contributed by atoms with Gasteiger partial charge in [-0.2, -0.15) is 0 Å². The zero-order valence-corrected chi connectivity index (χ0v) is 16.2. The first-order valence-corrected chi connectivity index (χ1v) is 8.97. The molecule has 0 radical (unpaired) electrons. The summed E-state index contributed by atoms with van der Waals surface area (Å²) < 4.78 is 1.57. The third kappa shape index (κ3) is 4.46. The van der Waals surface area contributed by atoms with Crippen molar-refractivity contribution in [2.75, 3.05) is 14.1 Å². The van der Waals surface area contributed by atoms with E-state index in [0.717, 1.165) is 16.5 Å². The molecule has 0 saturated carbocycles. The van der Waals surface area contributed by atoms with Crippen molar-refractivity contribution in [1.29, 1.82) is 0 Å². The highest BCUT2D eigenvalue weighted by atomic mass is 16.2. The van der Waals surface area contributed by atoms with Gasteiger partial charge in [-0.15, -0.1) is 5.10 Å². The Morgan fingerprint density at radius 1 is 1.15 bits per heavy atom. The maximum Gasteiger partial charge on any atom is 0.244 e. The van der Waals surface area contributed by atoms with E-state index < -0.39 is 0 Å². The van der Waals surface area contributed by atoms with E-state index in [1.165, 1.54) is 0 Å². The van der Waals surface area contributed by atoms with Crippen LogP contribution in [0.25, 0.3) is 10.9 Å². The fourth-order valence-electron chi connectivity index (χ4n) is 2.75. The molecule has 3 rings (SSSR count). The predicted molar refractivity (Wildman–Crippen MR) is 103 cm³/mol. The number of fused-ring (bicyclic) bond motifs is 1. The van der Waals surface area contributed by atoms with Crippen LogP contribution in [-0.4, -0.2) is 61.0 Å². The molecule has 2 aromatic heterocycles. The van der Waals surface area contributed by atoms with E-state index in [2.05, 4.69) is 39.3 Å². The Kier molecular flexibility index (Phi) is 5.75. The molecule has 0 fully saturated rings. The first-order valence-electron chi connectivity index (χ1n) is 8.97. The first-order chi connectivity index (χ1) is 13.0. The molecular weight excluding hydrogens is 342 g/mol. The number of para-hydroxylation sites is 1. The number of aromatic nitrogens is 5. The molecule has 0 aliphatic heterocycles. The minimum atomic E-state index is -0.0521. The Morgan fingerprint density at radius 2 is 1.93 bits per heavy atom. The second-order valence-corrected chi connectivity index (χ2v) is 7.00. The Hall–Kier alpha value is -2.87. The molecule has 0 saturated heterocycles. The minimum Gasteiger partial charge on any atom is -0.340 e. The number of amides is 1. The van der Waals surface area contributed by atoms with E-state index in [9.17, 15) is 4.79 Å². The van der Waals surface area contributed by atoms with E-state index >= 15 is 0 Å². The Balaban J connectivity index is 1.69. The van der Waals surface area contributed by atoms with Gasteiger partial charge >= 0.3 is 0 Å². The zero-order chi connectivity index (χ0) is 19.4. The van der Waals surface area contributed by atoms with Gasteiger partial charge in [-0.25, -0.2) is 4.68 Å². The molecule has 0 aliphatic carbocycles. The fourth-order valence-corrected chi connectivity index (χ4v) is 2.75. The SMILES string of the molecule is CC(C)N(C)Cc1nnnn1CC(=O)N(C)Cc1cccc2cccnc12. The van der Waals surface area contributed by atoms with E-state index in [4.69, 9.17) is 0 Å². The standard InChI is InChI=1S/C19H25N7O/c1-14(2)24(3)12-17-21-22-23-26(17)13-18(27)25(4)11-16-8-5-7-15-9-6-10-20-19(15)16/h5-10,14H,11-13H2,1-4H3. The van der Waals surface area contributed by atoms with Crippen molar-refractivity contribution < 1.29 is 4.79 Å². The van der Waals surface area contributed by atoms with Crippen molar-refractivity contribution in [3.05, 3.63) is 47.9 Å². The summed E-state index contributed by atoms with van der Waals surface area (Å²) in [4.78, 5) is 21.0. The van der Waals surface area contributed by atoms with E-state index in [0.29, 0.717) is 25.0 Å². The van der Waals surface area contributed by atoms with Gasteiger partial charge in [-0.3, -0.25) is 14.7 Å². The summed E-state index contributed by atoms with van der Waals surface area (Å²) in [6, 6.07) is 10.3. The van der Waals surface area contributed by atoms with Gasteiger partial charge in [0.15, 0.2) is 5.82 Å². The molecule has 27 heavy (non-hydrogen) atoms. The van der Waals surface area contributed by atoms with E-state index in [1.807, 2.05) is 37.4 Å². The molecule has 2 heterocycles. The summed E-state index contributed by atoms with van der Waals surface area (Å²) in [5.41, 5.74) is 1.93. The molecule has 3 aromatic rings.